The standard InChI is InChI=1S/C31H48N2O8/c1-7-14-32-29(36)17-31(37)18-30(19-38-30)16-25(41-31)11-8-20(2)9-12-27-21(3)15-26(23(5)40-27)33-28(35)13-10-22(4)39-24(6)34/h8-11,13,21-23,25-27,37H,7,12,14-19H2,1-6H3,(H,32,36)(H,33,35)/t21-,22-,23+,25+,26+,27-,30-,31?/m0/s1. The average Bonchev–Trinajstić information content (AvgIpc) is 3.62. The molecule has 0 saturated carbocycles. The van der Waals surface area contributed by atoms with Crippen LogP contribution < -0.4 is 10.6 Å². The minimum atomic E-state index is -1.55. The second kappa shape index (κ2) is 14.6. The Morgan fingerprint density at radius 3 is 2.59 bits per heavy atom. The van der Waals surface area contributed by atoms with Crippen LogP contribution in [0.25, 0.3) is 0 Å². The Kier molecular flexibility index (Phi) is 11.7. The van der Waals surface area contributed by atoms with Crippen molar-refractivity contribution >= 4 is 17.8 Å². The first-order chi connectivity index (χ1) is 19.3. The molecule has 3 saturated heterocycles. The molecule has 1 unspecified atom stereocenters. The molecular formula is C31H48N2O8. The lowest BCUT2D eigenvalue weighted by Gasteiger charge is -2.39. The normalized spacial score (nSPS) is 34.5. The SMILES string of the molecule is CCCNC(=O)CC1(O)C[C@]2(CO2)C[C@@H](C=CC(C)=CC[C@@H]2O[C@H](C)[C@H](NC(=O)C=C[C@H](C)OC(C)=O)C[C@@H]2C)O1. The maximum absolute atomic E-state index is 12.4. The third-order valence-corrected chi connectivity index (χ3v) is 7.76. The fourth-order valence-electron chi connectivity index (χ4n) is 5.52. The largest absolute Gasteiger partial charge is 0.459 e. The lowest BCUT2D eigenvalue weighted by Crippen LogP contribution is -2.50. The predicted octanol–water partition coefficient (Wildman–Crippen LogP) is 3.24. The van der Waals surface area contributed by atoms with Crippen LogP contribution in [0.4, 0.5) is 0 Å². The summed E-state index contributed by atoms with van der Waals surface area (Å²) < 4.78 is 22.9. The van der Waals surface area contributed by atoms with Crippen LogP contribution in [0.5, 0.6) is 0 Å². The van der Waals surface area contributed by atoms with Crippen molar-refractivity contribution in [3.8, 4) is 0 Å². The van der Waals surface area contributed by atoms with Crippen molar-refractivity contribution < 1.29 is 38.4 Å². The van der Waals surface area contributed by atoms with E-state index in [-0.39, 0.29) is 48.5 Å². The highest BCUT2D eigenvalue weighted by Gasteiger charge is 2.57. The molecule has 0 radical (unpaired) electrons. The Labute approximate surface area is 243 Å². The maximum atomic E-state index is 12.4. The van der Waals surface area contributed by atoms with Gasteiger partial charge in [-0.15, -0.1) is 0 Å². The zero-order valence-electron chi connectivity index (χ0n) is 25.3. The molecule has 0 aliphatic carbocycles. The van der Waals surface area contributed by atoms with E-state index in [0.29, 0.717) is 26.0 Å². The molecule has 3 aliphatic heterocycles. The monoisotopic (exact) mass is 576 g/mol. The first-order valence-corrected chi connectivity index (χ1v) is 14.8. The number of allylic oxidation sites excluding steroid dienone is 2. The molecule has 3 rings (SSSR count). The minimum absolute atomic E-state index is 0.0156. The van der Waals surface area contributed by atoms with Gasteiger partial charge in [-0.2, -0.15) is 0 Å². The second-order valence-corrected chi connectivity index (χ2v) is 11.9. The molecule has 3 N–H and O–H groups in total. The van der Waals surface area contributed by atoms with Gasteiger partial charge in [0.1, 0.15) is 6.10 Å². The van der Waals surface area contributed by atoms with Crippen molar-refractivity contribution in [3.05, 3.63) is 36.0 Å². The van der Waals surface area contributed by atoms with Crippen LogP contribution in [-0.2, 0) is 33.3 Å². The Morgan fingerprint density at radius 1 is 1.20 bits per heavy atom. The van der Waals surface area contributed by atoms with E-state index in [1.54, 1.807) is 13.0 Å². The Balaban J connectivity index is 1.49. The number of carbonyl (C=O) groups is 3. The summed E-state index contributed by atoms with van der Waals surface area (Å²) in [7, 11) is 0. The highest BCUT2D eigenvalue weighted by molar-refractivity contribution is 5.87. The van der Waals surface area contributed by atoms with Crippen LogP contribution in [-0.4, -0.2) is 77.9 Å². The molecule has 0 aromatic rings. The summed E-state index contributed by atoms with van der Waals surface area (Å²) in [6.45, 7) is 12.2. The van der Waals surface area contributed by atoms with Gasteiger partial charge in [-0.25, -0.2) is 0 Å². The summed E-state index contributed by atoms with van der Waals surface area (Å²) in [5, 5.41) is 16.9. The zero-order chi connectivity index (χ0) is 30.2. The number of hydrogen-bond acceptors (Lipinski definition) is 8. The number of ether oxygens (including phenoxy) is 4. The van der Waals surface area contributed by atoms with Crippen LogP contribution in [0, 0.1) is 5.92 Å². The summed E-state index contributed by atoms with van der Waals surface area (Å²) in [6.07, 6.45) is 11.2. The summed E-state index contributed by atoms with van der Waals surface area (Å²) in [5.74, 6) is -2.18. The molecule has 41 heavy (non-hydrogen) atoms. The zero-order valence-corrected chi connectivity index (χ0v) is 25.3. The van der Waals surface area contributed by atoms with E-state index in [4.69, 9.17) is 18.9 Å². The fraction of sp³-hybridized carbons (Fsp3) is 0.710. The number of esters is 1. The van der Waals surface area contributed by atoms with E-state index in [1.165, 1.54) is 13.0 Å². The predicted molar refractivity (Wildman–Crippen MR) is 154 cm³/mol. The first-order valence-electron chi connectivity index (χ1n) is 14.8. The van der Waals surface area contributed by atoms with Gasteiger partial charge in [-0.05, 0) is 52.0 Å². The van der Waals surface area contributed by atoms with Gasteiger partial charge in [0.05, 0.1) is 43.0 Å². The molecule has 10 heteroatoms. The topological polar surface area (TPSA) is 136 Å². The smallest absolute Gasteiger partial charge is 0.303 e. The second-order valence-electron chi connectivity index (χ2n) is 11.9. The number of hydrogen-bond donors (Lipinski definition) is 3. The van der Waals surface area contributed by atoms with Gasteiger partial charge in [0.25, 0.3) is 0 Å². The number of nitrogens with one attached hydrogen (secondary N) is 2. The van der Waals surface area contributed by atoms with Crippen molar-refractivity contribution in [3.63, 3.8) is 0 Å². The van der Waals surface area contributed by atoms with E-state index >= 15 is 0 Å². The van der Waals surface area contributed by atoms with Crippen LogP contribution in [0.3, 0.4) is 0 Å². The van der Waals surface area contributed by atoms with Crippen LogP contribution >= 0.6 is 0 Å². The molecular weight excluding hydrogens is 528 g/mol. The molecule has 3 aliphatic rings. The molecule has 0 aromatic heterocycles. The van der Waals surface area contributed by atoms with E-state index in [9.17, 15) is 19.5 Å². The van der Waals surface area contributed by atoms with E-state index in [2.05, 4.69) is 23.6 Å². The van der Waals surface area contributed by atoms with Gasteiger partial charge in [0.15, 0.2) is 5.79 Å². The average molecular weight is 577 g/mol. The van der Waals surface area contributed by atoms with Crippen molar-refractivity contribution in [2.24, 2.45) is 5.92 Å². The van der Waals surface area contributed by atoms with E-state index in [1.807, 2.05) is 32.9 Å². The van der Waals surface area contributed by atoms with Gasteiger partial charge in [0, 0.05) is 32.4 Å². The van der Waals surface area contributed by atoms with Crippen molar-refractivity contribution in [2.75, 3.05) is 13.2 Å². The maximum Gasteiger partial charge on any atom is 0.303 e. The van der Waals surface area contributed by atoms with Crippen molar-refractivity contribution in [1.29, 1.82) is 0 Å². The van der Waals surface area contributed by atoms with E-state index < -0.39 is 23.5 Å². The number of amides is 2. The lowest BCUT2D eigenvalue weighted by atomic mass is 9.87. The van der Waals surface area contributed by atoms with Gasteiger partial charge >= 0.3 is 5.97 Å². The molecule has 1 spiro atoms. The highest BCUT2D eigenvalue weighted by Crippen LogP contribution is 2.46. The number of aliphatic hydroxyl groups is 1. The summed E-state index contributed by atoms with van der Waals surface area (Å²) >= 11 is 0. The quantitative estimate of drug-likeness (QED) is 0.139. The number of epoxide rings is 1. The minimum Gasteiger partial charge on any atom is -0.459 e. The Morgan fingerprint density at radius 2 is 1.93 bits per heavy atom. The summed E-state index contributed by atoms with van der Waals surface area (Å²) in [4.78, 5) is 35.6. The third-order valence-electron chi connectivity index (χ3n) is 7.76. The number of rotatable bonds is 12. The summed E-state index contributed by atoms with van der Waals surface area (Å²) in [5.41, 5.74) is 0.620. The van der Waals surface area contributed by atoms with Crippen molar-refractivity contribution in [2.45, 2.75) is 122 Å². The van der Waals surface area contributed by atoms with Gasteiger partial charge in [0.2, 0.25) is 11.8 Å². The molecule has 10 nitrogen and oxygen atoms in total. The van der Waals surface area contributed by atoms with E-state index in [0.717, 1.165) is 24.8 Å². The Bertz CT molecular complexity index is 1020. The highest BCUT2D eigenvalue weighted by atomic mass is 16.7. The van der Waals surface area contributed by atoms with Crippen LogP contribution in [0.1, 0.15) is 80.1 Å². The fourth-order valence-corrected chi connectivity index (χ4v) is 5.52. The van der Waals surface area contributed by atoms with Crippen LogP contribution in [0.15, 0.2) is 36.0 Å². The molecule has 8 atom stereocenters. The van der Waals surface area contributed by atoms with Gasteiger partial charge in [-0.3, -0.25) is 14.4 Å². The number of carbonyl (C=O) groups excluding carboxylic acids is 3. The Hall–Kier alpha value is -2.53. The molecule has 230 valence electrons. The molecule has 0 bridgehead atoms. The summed E-state index contributed by atoms with van der Waals surface area (Å²) in [6, 6.07) is -0.115. The van der Waals surface area contributed by atoms with Crippen molar-refractivity contribution in [1.82, 2.24) is 10.6 Å². The van der Waals surface area contributed by atoms with Crippen LogP contribution in [0.2, 0.25) is 0 Å². The first kappa shape index (κ1) is 33.0. The van der Waals surface area contributed by atoms with Gasteiger partial charge in [-0.1, -0.05) is 37.6 Å². The lowest BCUT2D eigenvalue weighted by molar-refractivity contribution is -0.256. The molecule has 2 amide bonds. The molecule has 3 heterocycles. The van der Waals surface area contributed by atoms with Gasteiger partial charge < -0.3 is 34.7 Å². The third kappa shape index (κ3) is 10.7. The molecule has 0 aromatic carbocycles. The molecule has 3 fully saturated rings.